The Hall–Kier alpha value is -2.43. The Morgan fingerprint density at radius 2 is 1.89 bits per heavy atom. The molecule has 0 spiro atoms. The van der Waals surface area contributed by atoms with Gasteiger partial charge in [-0.15, -0.1) is 0 Å². The van der Waals surface area contributed by atoms with E-state index in [2.05, 4.69) is 20.7 Å². The second-order valence-electron chi connectivity index (χ2n) is 6.82. The molecule has 0 aliphatic carbocycles. The number of sulfonamides is 1. The van der Waals surface area contributed by atoms with Gasteiger partial charge >= 0.3 is 0 Å². The minimum Gasteiger partial charge on any atom is -0.356 e. The fraction of sp³-hybridized carbons (Fsp3) is 0.400. The summed E-state index contributed by atoms with van der Waals surface area (Å²) in [5.74, 6) is 1.14. The molecule has 27 heavy (non-hydrogen) atoms. The van der Waals surface area contributed by atoms with Crippen molar-refractivity contribution < 1.29 is 8.42 Å². The van der Waals surface area contributed by atoms with Crippen molar-refractivity contribution >= 4 is 15.8 Å². The molecule has 0 radical (unpaired) electrons. The van der Waals surface area contributed by atoms with E-state index in [-0.39, 0.29) is 5.75 Å². The number of piperidine rings is 1. The first kappa shape index (κ1) is 19.3. The van der Waals surface area contributed by atoms with Gasteiger partial charge in [-0.25, -0.2) is 18.1 Å². The number of nitriles is 1. The maximum atomic E-state index is 12.2. The molecule has 2 aromatic rings. The van der Waals surface area contributed by atoms with Gasteiger partial charge < -0.3 is 4.90 Å². The van der Waals surface area contributed by atoms with Crippen LogP contribution in [0.3, 0.4) is 0 Å². The smallest absolute Gasteiger partial charge is 0.211 e. The third-order valence-electron chi connectivity index (χ3n) is 4.92. The molecule has 1 aromatic carbocycles. The summed E-state index contributed by atoms with van der Waals surface area (Å²) in [4.78, 5) is 6.44. The number of anilines is 1. The van der Waals surface area contributed by atoms with Crippen LogP contribution in [0.25, 0.3) is 0 Å². The Bertz CT molecular complexity index is 886. The quantitative estimate of drug-likeness (QED) is 0.792. The van der Waals surface area contributed by atoms with Gasteiger partial charge in [-0.2, -0.15) is 5.26 Å². The lowest BCUT2D eigenvalue weighted by Gasteiger charge is -2.33. The van der Waals surface area contributed by atoms with Crippen LogP contribution in [0.15, 0.2) is 48.7 Å². The van der Waals surface area contributed by atoms with E-state index in [1.807, 2.05) is 30.3 Å². The average molecular weight is 385 g/mol. The summed E-state index contributed by atoms with van der Waals surface area (Å²) in [6, 6.07) is 15.4. The molecule has 0 amide bonds. The van der Waals surface area contributed by atoms with Crippen LogP contribution < -0.4 is 9.62 Å². The van der Waals surface area contributed by atoms with E-state index in [1.54, 1.807) is 18.3 Å². The lowest BCUT2D eigenvalue weighted by Crippen LogP contribution is -2.39. The van der Waals surface area contributed by atoms with Crippen molar-refractivity contribution in [3.8, 4) is 6.07 Å². The molecule has 1 aromatic heterocycles. The number of nitrogens with zero attached hydrogens (tertiary/aromatic N) is 3. The molecule has 1 aliphatic heterocycles. The number of aromatic nitrogens is 1. The van der Waals surface area contributed by atoms with Crippen molar-refractivity contribution in [3.05, 3.63) is 59.8 Å². The molecule has 3 rings (SSSR count). The Kier molecular flexibility index (Phi) is 6.43. The molecule has 0 bridgehead atoms. The van der Waals surface area contributed by atoms with E-state index < -0.39 is 10.0 Å². The molecule has 1 saturated heterocycles. The Balaban J connectivity index is 1.46. The number of aryl methyl sites for hydroxylation is 1. The summed E-state index contributed by atoms with van der Waals surface area (Å²) < 4.78 is 27.3. The predicted molar refractivity (Wildman–Crippen MR) is 106 cm³/mol. The van der Waals surface area contributed by atoms with Crippen LogP contribution in [0, 0.1) is 17.2 Å². The van der Waals surface area contributed by atoms with E-state index in [0.29, 0.717) is 24.4 Å². The van der Waals surface area contributed by atoms with E-state index in [0.717, 1.165) is 37.3 Å². The molecular weight excluding hydrogens is 360 g/mol. The maximum Gasteiger partial charge on any atom is 0.211 e. The molecule has 1 aliphatic rings. The number of rotatable bonds is 7. The molecule has 0 saturated carbocycles. The third kappa shape index (κ3) is 5.52. The lowest BCUT2D eigenvalue weighted by molar-refractivity contribution is 0.400. The van der Waals surface area contributed by atoms with Crippen molar-refractivity contribution in [1.29, 1.82) is 5.26 Å². The summed E-state index contributed by atoms with van der Waals surface area (Å²) in [6.07, 6.45) is 3.97. The van der Waals surface area contributed by atoms with E-state index in [1.165, 1.54) is 0 Å². The van der Waals surface area contributed by atoms with Crippen molar-refractivity contribution in [2.45, 2.75) is 19.3 Å². The SMILES string of the molecule is N#Cc1cccnc1N1CCC(CNS(=O)(=O)CCc2ccccc2)CC1. The van der Waals surface area contributed by atoms with Gasteiger partial charge in [0.1, 0.15) is 11.9 Å². The van der Waals surface area contributed by atoms with Gasteiger partial charge in [0.15, 0.2) is 0 Å². The highest BCUT2D eigenvalue weighted by atomic mass is 32.2. The zero-order chi connectivity index (χ0) is 19.1. The molecule has 0 atom stereocenters. The Morgan fingerprint density at radius 1 is 1.15 bits per heavy atom. The van der Waals surface area contributed by atoms with Crippen LogP contribution in [0.5, 0.6) is 0 Å². The molecular formula is C20H24N4O2S. The first-order chi connectivity index (χ1) is 13.1. The molecule has 1 fully saturated rings. The largest absolute Gasteiger partial charge is 0.356 e. The first-order valence-corrected chi connectivity index (χ1v) is 10.8. The highest BCUT2D eigenvalue weighted by molar-refractivity contribution is 7.89. The highest BCUT2D eigenvalue weighted by Crippen LogP contribution is 2.23. The highest BCUT2D eigenvalue weighted by Gasteiger charge is 2.23. The van der Waals surface area contributed by atoms with E-state index in [4.69, 9.17) is 0 Å². The number of hydrogen-bond acceptors (Lipinski definition) is 5. The van der Waals surface area contributed by atoms with Gasteiger partial charge in [-0.3, -0.25) is 0 Å². The van der Waals surface area contributed by atoms with Crippen molar-refractivity contribution in [2.75, 3.05) is 30.3 Å². The zero-order valence-corrected chi connectivity index (χ0v) is 16.0. The van der Waals surface area contributed by atoms with Gasteiger partial charge in [-0.05, 0) is 42.9 Å². The Labute approximate surface area is 160 Å². The number of benzene rings is 1. The third-order valence-corrected chi connectivity index (χ3v) is 6.26. The van der Waals surface area contributed by atoms with Gasteiger partial charge in [0, 0.05) is 25.8 Å². The van der Waals surface area contributed by atoms with Crippen molar-refractivity contribution in [2.24, 2.45) is 5.92 Å². The molecule has 2 heterocycles. The minimum absolute atomic E-state index is 0.106. The second kappa shape index (κ2) is 8.98. The second-order valence-corrected chi connectivity index (χ2v) is 8.75. The lowest BCUT2D eigenvalue weighted by atomic mass is 9.97. The van der Waals surface area contributed by atoms with Gasteiger partial charge in [0.05, 0.1) is 11.3 Å². The summed E-state index contributed by atoms with van der Waals surface area (Å²) >= 11 is 0. The summed E-state index contributed by atoms with van der Waals surface area (Å²) in [6.45, 7) is 2.03. The molecule has 6 nitrogen and oxygen atoms in total. The van der Waals surface area contributed by atoms with Crippen LogP contribution in [-0.4, -0.2) is 38.8 Å². The standard InChI is InChI=1S/C20H24N4O2S/c21-15-19-7-4-11-22-20(19)24-12-8-18(9-13-24)16-23-27(25,26)14-10-17-5-2-1-3-6-17/h1-7,11,18,23H,8-10,12-14,16H2. The van der Waals surface area contributed by atoms with E-state index >= 15 is 0 Å². The number of pyridine rings is 1. The topological polar surface area (TPSA) is 86.1 Å². The number of nitrogens with one attached hydrogen (secondary N) is 1. The van der Waals surface area contributed by atoms with Gasteiger partial charge in [0.25, 0.3) is 0 Å². The molecule has 0 unspecified atom stereocenters. The zero-order valence-electron chi connectivity index (χ0n) is 15.2. The summed E-state index contributed by atoms with van der Waals surface area (Å²) in [7, 11) is -3.27. The van der Waals surface area contributed by atoms with E-state index in [9.17, 15) is 13.7 Å². The predicted octanol–water partition coefficient (Wildman–Crippen LogP) is 2.33. The minimum atomic E-state index is -3.27. The maximum absolute atomic E-state index is 12.2. The monoisotopic (exact) mass is 384 g/mol. The van der Waals surface area contributed by atoms with Gasteiger partial charge in [-0.1, -0.05) is 30.3 Å². The van der Waals surface area contributed by atoms with Crippen LogP contribution in [-0.2, 0) is 16.4 Å². The Morgan fingerprint density at radius 3 is 2.59 bits per heavy atom. The van der Waals surface area contributed by atoms with Crippen molar-refractivity contribution in [3.63, 3.8) is 0 Å². The average Bonchev–Trinajstić information content (AvgIpc) is 2.72. The molecule has 142 valence electrons. The number of hydrogen-bond donors (Lipinski definition) is 1. The van der Waals surface area contributed by atoms with Gasteiger partial charge in [0.2, 0.25) is 10.0 Å². The van der Waals surface area contributed by atoms with Crippen molar-refractivity contribution in [1.82, 2.24) is 9.71 Å². The normalized spacial score (nSPS) is 15.4. The summed E-state index contributed by atoms with van der Waals surface area (Å²) in [5, 5.41) is 9.21. The van der Waals surface area contributed by atoms with Crippen LogP contribution in [0.4, 0.5) is 5.82 Å². The molecule has 1 N–H and O–H groups in total. The summed E-state index contributed by atoms with van der Waals surface area (Å²) in [5.41, 5.74) is 1.61. The fourth-order valence-electron chi connectivity index (χ4n) is 3.30. The van der Waals surface area contributed by atoms with Crippen LogP contribution in [0.1, 0.15) is 24.0 Å². The first-order valence-electron chi connectivity index (χ1n) is 9.19. The van der Waals surface area contributed by atoms with Crippen LogP contribution >= 0.6 is 0 Å². The van der Waals surface area contributed by atoms with Crippen LogP contribution in [0.2, 0.25) is 0 Å². The fourth-order valence-corrected chi connectivity index (χ4v) is 4.44. The molecule has 7 heteroatoms.